The van der Waals surface area contributed by atoms with Gasteiger partial charge in [0.25, 0.3) is 0 Å². The summed E-state index contributed by atoms with van der Waals surface area (Å²) >= 11 is 0. The summed E-state index contributed by atoms with van der Waals surface area (Å²) < 4.78 is 9.48. The fourth-order valence-corrected chi connectivity index (χ4v) is 2.97. The molecule has 2 aromatic heterocycles. The molecule has 136 valence electrons. The van der Waals surface area contributed by atoms with Crippen LogP contribution in [0.5, 0.6) is 0 Å². The van der Waals surface area contributed by atoms with Crippen LogP contribution in [-0.4, -0.2) is 62.7 Å². The van der Waals surface area contributed by atoms with Gasteiger partial charge in [-0.15, -0.1) is 0 Å². The van der Waals surface area contributed by atoms with E-state index in [1.165, 1.54) is 0 Å². The summed E-state index contributed by atoms with van der Waals surface area (Å²) in [6.07, 6.45) is 5.44. The van der Waals surface area contributed by atoms with Crippen LogP contribution in [0.1, 0.15) is 13.8 Å². The molecule has 0 bridgehead atoms. The topological polar surface area (TPSA) is 77.2 Å². The number of carbonyl (C=O) groups is 1. The summed E-state index contributed by atoms with van der Waals surface area (Å²) in [5.41, 5.74) is 0. The third-order valence-corrected chi connectivity index (χ3v) is 4.06. The smallest absolute Gasteiger partial charge is 0.239 e. The van der Waals surface area contributed by atoms with E-state index < -0.39 is 0 Å². The van der Waals surface area contributed by atoms with Crippen LogP contribution in [0.2, 0.25) is 0 Å². The van der Waals surface area contributed by atoms with Crippen LogP contribution >= 0.6 is 0 Å². The van der Waals surface area contributed by atoms with Gasteiger partial charge in [-0.05, 0) is 12.0 Å². The molecule has 0 spiro atoms. The molecule has 2 aromatic rings. The van der Waals surface area contributed by atoms with Crippen molar-refractivity contribution in [2.75, 3.05) is 31.6 Å². The quantitative estimate of drug-likeness (QED) is 0.812. The first-order valence-electron chi connectivity index (χ1n) is 8.73. The fourth-order valence-electron chi connectivity index (χ4n) is 2.97. The monoisotopic (exact) mass is 346 g/mol. The number of rotatable bonds is 7. The van der Waals surface area contributed by atoms with Crippen LogP contribution < -0.4 is 5.32 Å². The van der Waals surface area contributed by atoms with Crippen LogP contribution in [0.15, 0.2) is 30.7 Å². The van der Waals surface area contributed by atoms with Crippen molar-refractivity contribution in [3.63, 3.8) is 0 Å². The Bertz CT molecular complexity index is 666. The van der Waals surface area contributed by atoms with Crippen LogP contribution in [0, 0.1) is 5.92 Å². The molecule has 0 aliphatic carbocycles. The van der Waals surface area contributed by atoms with Crippen LogP contribution in [0.3, 0.4) is 0 Å². The maximum absolute atomic E-state index is 12.4. The summed E-state index contributed by atoms with van der Waals surface area (Å²) in [7, 11) is 0. The van der Waals surface area contributed by atoms with Crippen LogP contribution in [0.25, 0.3) is 0 Å². The summed E-state index contributed by atoms with van der Waals surface area (Å²) in [6.45, 7) is 8.20. The van der Waals surface area contributed by atoms with Crippen molar-refractivity contribution in [3.8, 4) is 0 Å². The molecule has 1 aliphatic heterocycles. The Morgan fingerprint density at radius 1 is 1.40 bits per heavy atom. The zero-order valence-electron chi connectivity index (χ0n) is 14.8. The van der Waals surface area contributed by atoms with E-state index >= 15 is 0 Å². The Hall–Kier alpha value is -2.19. The van der Waals surface area contributed by atoms with Crippen molar-refractivity contribution in [1.29, 1.82) is 0 Å². The predicted octanol–water partition coefficient (Wildman–Crippen LogP) is 1.08. The Kier molecular flexibility index (Phi) is 5.83. The van der Waals surface area contributed by atoms with Gasteiger partial charge in [0.05, 0.1) is 32.0 Å². The molecular weight excluding hydrogens is 320 g/mol. The lowest BCUT2D eigenvalue weighted by Crippen LogP contribution is -2.47. The minimum atomic E-state index is -0.0229. The molecule has 3 heterocycles. The largest absolute Gasteiger partial charge is 0.374 e. The minimum Gasteiger partial charge on any atom is -0.374 e. The van der Waals surface area contributed by atoms with Gasteiger partial charge in [0.15, 0.2) is 0 Å². The summed E-state index contributed by atoms with van der Waals surface area (Å²) in [5, 5.41) is 11.4. The third-order valence-electron chi connectivity index (χ3n) is 4.06. The molecule has 0 saturated carbocycles. The lowest BCUT2D eigenvalue weighted by atomic mass is 10.2. The molecule has 25 heavy (non-hydrogen) atoms. The van der Waals surface area contributed by atoms with Crippen LogP contribution in [-0.2, 0) is 22.6 Å². The number of morpholine rings is 1. The molecule has 1 amide bonds. The van der Waals surface area contributed by atoms with Gasteiger partial charge in [0.1, 0.15) is 5.82 Å². The number of aromatic nitrogens is 4. The standard InChI is InChI=1S/C17H26N6O2/c1-14(2)10-23-16(4-6-19-23)20-17(24)13-21-8-9-25-15(11-21)12-22-7-3-5-18-22/h3-7,14-15H,8-13H2,1-2H3,(H,20,24). The Morgan fingerprint density at radius 2 is 2.28 bits per heavy atom. The van der Waals surface area contributed by atoms with Gasteiger partial charge in [-0.2, -0.15) is 10.2 Å². The highest BCUT2D eigenvalue weighted by atomic mass is 16.5. The number of nitrogens with zero attached hydrogens (tertiary/aromatic N) is 5. The van der Waals surface area contributed by atoms with Gasteiger partial charge in [-0.3, -0.25) is 14.4 Å². The maximum Gasteiger partial charge on any atom is 0.239 e. The number of nitrogens with one attached hydrogen (secondary N) is 1. The Morgan fingerprint density at radius 3 is 3.04 bits per heavy atom. The van der Waals surface area contributed by atoms with Crippen LogP contribution in [0.4, 0.5) is 5.82 Å². The van der Waals surface area contributed by atoms with Crippen molar-refractivity contribution in [2.45, 2.75) is 33.0 Å². The van der Waals surface area contributed by atoms with Gasteiger partial charge in [-0.1, -0.05) is 13.8 Å². The first kappa shape index (κ1) is 17.6. The van der Waals surface area contributed by atoms with Crippen molar-refractivity contribution in [2.24, 2.45) is 5.92 Å². The second kappa shape index (κ2) is 8.26. The van der Waals surface area contributed by atoms with Gasteiger partial charge >= 0.3 is 0 Å². The summed E-state index contributed by atoms with van der Waals surface area (Å²) in [5.74, 6) is 1.20. The zero-order chi connectivity index (χ0) is 17.6. The highest BCUT2D eigenvalue weighted by molar-refractivity contribution is 5.91. The van der Waals surface area contributed by atoms with Gasteiger partial charge in [0.2, 0.25) is 5.91 Å². The lowest BCUT2D eigenvalue weighted by molar-refractivity contribution is -0.119. The van der Waals surface area contributed by atoms with Gasteiger partial charge in [-0.25, -0.2) is 4.68 Å². The van der Waals surface area contributed by atoms with E-state index in [2.05, 4.69) is 34.3 Å². The number of hydrogen-bond acceptors (Lipinski definition) is 5. The molecule has 3 rings (SSSR count). The van der Waals surface area contributed by atoms with E-state index in [9.17, 15) is 4.79 Å². The lowest BCUT2D eigenvalue weighted by Gasteiger charge is -2.32. The molecule has 1 N–H and O–H groups in total. The summed E-state index contributed by atoms with van der Waals surface area (Å²) in [6, 6.07) is 3.73. The molecule has 0 radical (unpaired) electrons. The molecular formula is C17H26N6O2. The number of ether oxygens (including phenoxy) is 1. The van der Waals surface area contributed by atoms with Crippen molar-refractivity contribution >= 4 is 11.7 Å². The number of anilines is 1. The second-order valence-electron chi connectivity index (χ2n) is 6.80. The van der Waals surface area contributed by atoms with E-state index in [1.807, 2.05) is 27.7 Å². The fraction of sp³-hybridized carbons (Fsp3) is 0.588. The van der Waals surface area contributed by atoms with E-state index in [4.69, 9.17) is 4.74 Å². The number of amides is 1. The number of carbonyl (C=O) groups excluding carboxylic acids is 1. The maximum atomic E-state index is 12.4. The predicted molar refractivity (Wildman–Crippen MR) is 94.1 cm³/mol. The second-order valence-corrected chi connectivity index (χ2v) is 6.80. The van der Waals surface area contributed by atoms with Gasteiger partial charge < -0.3 is 10.1 Å². The molecule has 8 heteroatoms. The average molecular weight is 346 g/mol. The van der Waals surface area contributed by atoms with Crippen molar-refractivity contribution < 1.29 is 9.53 Å². The average Bonchev–Trinajstić information content (AvgIpc) is 3.20. The van der Waals surface area contributed by atoms with Gasteiger partial charge in [0, 0.05) is 38.1 Å². The molecule has 1 unspecified atom stereocenters. The van der Waals surface area contributed by atoms with E-state index in [0.29, 0.717) is 25.6 Å². The summed E-state index contributed by atoms with van der Waals surface area (Å²) in [4.78, 5) is 14.5. The molecule has 1 fully saturated rings. The van der Waals surface area contributed by atoms with Crippen molar-refractivity contribution in [1.82, 2.24) is 24.5 Å². The first-order chi connectivity index (χ1) is 12.1. The Labute approximate surface area is 147 Å². The third kappa shape index (κ3) is 5.14. The molecule has 1 atom stereocenters. The highest BCUT2D eigenvalue weighted by Crippen LogP contribution is 2.11. The van der Waals surface area contributed by atoms with E-state index in [1.54, 1.807) is 12.4 Å². The zero-order valence-corrected chi connectivity index (χ0v) is 14.8. The normalized spacial score (nSPS) is 18.6. The minimum absolute atomic E-state index is 0.0229. The highest BCUT2D eigenvalue weighted by Gasteiger charge is 2.23. The molecule has 1 aliphatic rings. The molecule has 8 nitrogen and oxygen atoms in total. The number of hydrogen-bond donors (Lipinski definition) is 1. The molecule has 1 saturated heterocycles. The van der Waals surface area contributed by atoms with Crippen molar-refractivity contribution in [3.05, 3.63) is 30.7 Å². The van der Waals surface area contributed by atoms with E-state index in [-0.39, 0.29) is 12.0 Å². The molecule has 0 aromatic carbocycles. The Balaban J connectivity index is 1.50. The first-order valence-corrected chi connectivity index (χ1v) is 8.73. The van der Waals surface area contributed by atoms with E-state index in [0.717, 1.165) is 25.5 Å². The SMILES string of the molecule is CC(C)Cn1nccc1NC(=O)CN1CCOC(Cn2cccn2)C1.